The van der Waals surface area contributed by atoms with Crippen LogP contribution in [0.1, 0.15) is 40.1 Å². The van der Waals surface area contributed by atoms with Gasteiger partial charge >= 0.3 is 5.97 Å². The van der Waals surface area contributed by atoms with Crippen molar-refractivity contribution >= 4 is 28.2 Å². The van der Waals surface area contributed by atoms with Crippen LogP contribution in [-0.4, -0.2) is 17.0 Å². The molecule has 0 saturated heterocycles. The maximum atomic E-state index is 12.4. The van der Waals surface area contributed by atoms with E-state index >= 15 is 0 Å². The predicted octanol–water partition coefficient (Wildman–Crippen LogP) is 3.89. The zero-order valence-corrected chi connectivity index (χ0v) is 12.7. The van der Waals surface area contributed by atoms with Crippen molar-refractivity contribution in [3.63, 3.8) is 0 Å². The molecule has 2 rings (SSSR count). The van der Waals surface area contributed by atoms with E-state index < -0.39 is 5.97 Å². The highest BCUT2D eigenvalue weighted by Crippen LogP contribution is 2.28. The number of amides is 1. The van der Waals surface area contributed by atoms with Crippen LogP contribution in [-0.2, 0) is 4.79 Å². The third-order valence-corrected chi connectivity index (χ3v) is 4.43. The van der Waals surface area contributed by atoms with Crippen LogP contribution in [0.2, 0.25) is 0 Å². The van der Waals surface area contributed by atoms with Gasteiger partial charge in [-0.2, -0.15) is 0 Å². The van der Waals surface area contributed by atoms with Gasteiger partial charge in [-0.05, 0) is 30.5 Å². The summed E-state index contributed by atoms with van der Waals surface area (Å²) in [6.07, 6.45) is 0.686. The summed E-state index contributed by atoms with van der Waals surface area (Å²) in [6.45, 7) is 3.68. The smallest absolute Gasteiger partial charge is 0.346 e. The number of carbonyl (C=O) groups excluding carboxylic acids is 1. The van der Waals surface area contributed by atoms with Crippen molar-refractivity contribution in [2.24, 2.45) is 0 Å². The highest BCUT2D eigenvalue weighted by atomic mass is 32.1. The van der Waals surface area contributed by atoms with Crippen LogP contribution in [0.15, 0.2) is 36.4 Å². The Labute approximate surface area is 127 Å². The van der Waals surface area contributed by atoms with Gasteiger partial charge in [0.1, 0.15) is 4.88 Å². The molecule has 110 valence electrons. The molecule has 1 aromatic carbocycles. The molecule has 0 aliphatic rings. The summed E-state index contributed by atoms with van der Waals surface area (Å²) in [4.78, 5) is 23.7. The van der Waals surface area contributed by atoms with Crippen LogP contribution in [0, 0.1) is 6.92 Å². The highest BCUT2D eigenvalue weighted by molar-refractivity contribution is 7.18. The molecule has 1 atom stereocenters. The van der Waals surface area contributed by atoms with Crippen molar-refractivity contribution in [3.8, 4) is 0 Å². The lowest BCUT2D eigenvalue weighted by atomic mass is 9.96. The van der Waals surface area contributed by atoms with Crippen molar-refractivity contribution in [3.05, 3.63) is 52.4 Å². The van der Waals surface area contributed by atoms with Gasteiger partial charge in [0.25, 0.3) is 0 Å². The molecule has 0 spiro atoms. The number of anilines is 1. The van der Waals surface area contributed by atoms with E-state index in [4.69, 9.17) is 5.11 Å². The van der Waals surface area contributed by atoms with E-state index in [1.165, 1.54) is 0 Å². The Hall–Kier alpha value is -2.14. The third kappa shape index (κ3) is 3.49. The number of hydrogen-bond donors (Lipinski definition) is 2. The summed E-state index contributed by atoms with van der Waals surface area (Å²) in [5, 5.41) is 12.4. The second-order valence-corrected chi connectivity index (χ2v) is 5.84. The maximum Gasteiger partial charge on any atom is 0.346 e. The fourth-order valence-electron chi connectivity index (χ4n) is 2.22. The van der Waals surface area contributed by atoms with Gasteiger partial charge in [0, 0.05) is 0 Å². The average Bonchev–Trinajstić information content (AvgIpc) is 2.81. The molecule has 1 unspecified atom stereocenters. The van der Waals surface area contributed by atoms with Crippen LogP contribution >= 0.6 is 11.3 Å². The van der Waals surface area contributed by atoms with Crippen molar-refractivity contribution in [2.45, 2.75) is 26.2 Å². The number of aryl methyl sites for hydroxylation is 1. The molecule has 1 heterocycles. The molecule has 2 aromatic rings. The number of thiophene rings is 1. The molecule has 2 N–H and O–H groups in total. The quantitative estimate of drug-likeness (QED) is 0.880. The van der Waals surface area contributed by atoms with Crippen LogP contribution in [0.4, 0.5) is 5.00 Å². The number of carboxylic acid groups (broad SMARTS) is 1. The summed E-state index contributed by atoms with van der Waals surface area (Å²) in [7, 11) is 0. The predicted molar refractivity (Wildman–Crippen MR) is 84.1 cm³/mol. The van der Waals surface area contributed by atoms with E-state index in [1.54, 1.807) is 13.0 Å². The van der Waals surface area contributed by atoms with Crippen LogP contribution in [0.3, 0.4) is 0 Å². The van der Waals surface area contributed by atoms with Crippen molar-refractivity contribution in [2.75, 3.05) is 5.32 Å². The molecule has 0 saturated carbocycles. The number of benzene rings is 1. The minimum absolute atomic E-state index is 0.109. The maximum absolute atomic E-state index is 12.4. The van der Waals surface area contributed by atoms with Gasteiger partial charge in [0.2, 0.25) is 5.91 Å². The molecule has 5 heteroatoms. The van der Waals surface area contributed by atoms with E-state index in [1.807, 2.05) is 37.3 Å². The summed E-state index contributed by atoms with van der Waals surface area (Å²) in [6, 6.07) is 11.3. The SMILES string of the molecule is CCC(C(=O)Nc1cc(C)c(C(=O)O)s1)c1ccccc1. The summed E-state index contributed by atoms with van der Waals surface area (Å²) in [5.74, 6) is -1.31. The van der Waals surface area contributed by atoms with Gasteiger partial charge in [-0.15, -0.1) is 11.3 Å². The Kier molecular flexibility index (Phi) is 4.75. The fourth-order valence-corrected chi connectivity index (χ4v) is 3.14. The largest absolute Gasteiger partial charge is 0.477 e. The number of aromatic carboxylic acids is 1. The van der Waals surface area contributed by atoms with Gasteiger partial charge in [-0.3, -0.25) is 4.79 Å². The van der Waals surface area contributed by atoms with Crippen molar-refractivity contribution < 1.29 is 14.7 Å². The Bertz CT molecular complexity index is 649. The Balaban J connectivity index is 2.17. The number of hydrogen-bond acceptors (Lipinski definition) is 3. The van der Waals surface area contributed by atoms with Crippen LogP contribution in [0.5, 0.6) is 0 Å². The fraction of sp³-hybridized carbons (Fsp3) is 0.250. The zero-order valence-electron chi connectivity index (χ0n) is 11.9. The number of carbonyl (C=O) groups is 2. The first-order chi connectivity index (χ1) is 10.0. The van der Waals surface area contributed by atoms with E-state index in [9.17, 15) is 9.59 Å². The van der Waals surface area contributed by atoms with Gasteiger partial charge in [-0.1, -0.05) is 37.3 Å². The summed E-state index contributed by atoms with van der Waals surface area (Å²) < 4.78 is 0. The second-order valence-electron chi connectivity index (χ2n) is 4.79. The number of nitrogens with one attached hydrogen (secondary N) is 1. The molecule has 1 aromatic heterocycles. The standard InChI is InChI=1S/C16H17NO3S/c1-3-12(11-7-5-4-6-8-11)15(18)17-13-9-10(2)14(21-13)16(19)20/h4-9,12H,3H2,1-2H3,(H,17,18)(H,19,20). The lowest BCUT2D eigenvalue weighted by Gasteiger charge is -2.14. The summed E-state index contributed by atoms with van der Waals surface area (Å²) >= 11 is 1.09. The molecular formula is C16H17NO3S. The van der Waals surface area contributed by atoms with Gasteiger partial charge < -0.3 is 10.4 Å². The molecule has 0 radical (unpaired) electrons. The minimum atomic E-state index is -0.965. The molecule has 0 bridgehead atoms. The number of rotatable bonds is 5. The molecule has 0 aliphatic carbocycles. The molecular weight excluding hydrogens is 286 g/mol. The van der Waals surface area contributed by atoms with Gasteiger partial charge in [0.05, 0.1) is 10.9 Å². The second kappa shape index (κ2) is 6.54. The molecule has 0 fully saturated rings. The summed E-state index contributed by atoms with van der Waals surface area (Å²) in [5.41, 5.74) is 1.62. The Morgan fingerprint density at radius 2 is 1.95 bits per heavy atom. The van der Waals surface area contributed by atoms with E-state index in [-0.39, 0.29) is 16.7 Å². The van der Waals surface area contributed by atoms with Crippen LogP contribution in [0.25, 0.3) is 0 Å². The average molecular weight is 303 g/mol. The topological polar surface area (TPSA) is 66.4 Å². The normalized spacial score (nSPS) is 11.9. The lowest BCUT2D eigenvalue weighted by Crippen LogP contribution is -2.20. The molecule has 4 nitrogen and oxygen atoms in total. The molecule has 1 amide bonds. The molecule has 21 heavy (non-hydrogen) atoms. The third-order valence-electron chi connectivity index (χ3n) is 3.29. The first kappa shape index (κ1) is 15.3. The van der Waals surface area contributed by atoms with Gasteiger partial charge in [-0.25, -0.2) is 4.79 Å². The Morgan fingerprint density at radius 3 is 2.48 bits per heavy atom. The Morgan fingerprint density at radius 1 is 1.29 bits per heavy atom. The first-order valence-corrected chi connectivity index (χ1v) is 7.54. The van der Waals surface area contributed by atoms with Gasteiger partial charge in [0.15, 0.2) is 0 Å². The van der Waals surface area contributed by atoms with E-state index in [0.29, 0.717) is 17.0 Å². The minimum Gasteiger partial charge on any atom is -0.477 e. The van der Waals surface area contributed by atoms with Crippen molar-refractivity contribution in [1.82, 2.24) is 0 Å². The lowest BCUT2D eigenvalue weighted by molar-refractivity contribution is -0.117. The van der Waals surface area contributed by atoms with E-state index in [0.717, 1.165) is 16.9 Å². The monoisotopic (exact) mass is 303 g/mol. The molecule has 0 aliphatic heterocycles. The van der Waals surface area contributed by atoms with E-state index in [2.05, 4.69) is 5.32 Å². The number of carboxylic acids is 1. The zero-order chi connectivity index (χ0) is 15.4. The first-order valence-electron chi connectivity index (χ1n) is 6.72. The highest BCUT2D eigenvalue weighted by Gasteiger charge is 2.20. The van der Waals surface area contributed by atoms with Crippen molar-refractivity contribution in [1.29, 1.82) is 0 Å². The van der Waals surface area contributed by atoms with Crippen LogP contribution < -0.4 is 5.32 Å².